The zero-order valence-corrected chi connectivity index (χ0v) is 10.6. The molecular formula is C15H14N2O2. The van der Waals surface area contributed by atoms with Gasteiger partial charge in [-0.1, -0.05) is 30.3 Å². The lowest BCUT2D eigenvalue weighted by Gasteiger charge is -2.00. The summed E-state index contributed by atoms with van der Waals surface area (Å²) in [5, 5.41) is 3.17. The number of oxazole rings is 1. The molecule has 0 saturated heterocycles. The van der Waals surface area contributed by atoms with Gasteiger partial charge in [-0.15, -0.1) is 0 Å². The van der Waals surface area contributed by atoms with Gasteiger partial charge in [0.25, 0.3) is 6.01 Å². The highest BCUT2D eigenvalue weighted by molar-refractivity contribution is 5.76. The summed E-state index contributed by atoms with van der Waals surface area (Å²) in [5.74, 6) is 0.762. The molecule has 1 aromatic heterocycles. The Morgan fingerprint density at radius 1 is 1.16 bits per heavy atom. The van der Waals surface area contributed by atoms with Crippen LogP contribution in [-0.4, -0.2) is 12.1 Å². The molecule has 0 bridgehead atoms. The molecule has 96 valence electrons. The average molecular weight is 254 g/mol. The Bertz CT molecular complexity index is 677. The summed E-state index contributed by atoms with van der Waals surface area (Å²) in [4.78, 5) is 4.37. The number of hydrogen-bond acceptors (Lipinski definition) is 4. The first-order chi connectivity index (χ1) is 9.35. The van der Waals surface area contributed by atoms with Crippen LogP contribution >= 0.6 is 0 Å². The van der Waals surface area contributed by atoms with Gasteiger partial charge in [-0.05, 0) is 17.7 Å². The lowest BCUT2D eigenvalue weighted by atomic mass is 10.2. The summed E-state index contributed by atoms with van der Waals surface area (Å²) in [6.07, 6.45) is 0. The van der Waals surface area contributed by atoms with Crippen LogP contribution in [-0.2, 0) is 6.54 Å². The van der Waals surface area contributed by atoms with Gasteiger partial charge in [-0.2, -0.15) is 4.98 Å². The molecule has 19 heavy (non-hydrogen) atoms. The summed E-state index contributed by atoms with van der Waals surface area (Å²) in [5.41, 5.74) is 2.72. The van der Waals surface area contributed by atoms with Crippen molar-refractivity contribution < 1.29 is 9.15 Å². The largest absolute Gasteiger partial charge is 0.497 e. The average Bonchev–Trinajstić information content (AvgIpc) is 2.88. The minimum Gasteiger partial charge on any atom is -0.497 e. The van der Waals surface area contributed by atoms with Crippen LogP contribution in [0.2, 0.25) is 0 Å². The van der Waals surface area contributed by atoms with Crippen molar-refractivity contribution in [1.82, 2.24) is 4.98 Å². The first kappa shape index (κ1) is 11.6. The van der Waals surface area contributed by atoms with Crippen molar-refractivity contribution in [2.24, 2.45) is 0 Å². The van der Waals surface area contributed by atoms with Crippen molar-refractivity contribution >= 4 is 17.1 Å². The Morgan fingerprint density at radius 3 is 2.79 bits per heavy atom. The van der Waals surface area contributed by atoms with Crippen molar-refractivity contribution in [1.29, 1.82) is 0 Å². The van der Waals surface area contributed by atoms with Crippen molar-refractivity contribution in [2.45, 2.75) is 6.54 Å². The van der Waals surface area contributed by atoms with Gasteiger partial charge in [0.1, 0.15) is 11.3 Å². The predicted octanol–water partition coefficient (Wildman–Crippen LogP) is 3.45. The van der Waals surface area contributed by atoms with E-state index >= 15 is 0 Å². The van der Waals surface area contributed by atoms with Crippen molar-refractivity contribution in [3.8, 4) is 5.75 Å². The zero-order valence-electron chi connectivity index (χ0n) is 10.6. The smallest absolute Gasteiger partial charge is 0.295 e. The van der Waals surface area contributed by atoms with Crippen LogP contribution in [0.1, 0.15) is 5.56 Å². The van der Waals surface area contributed by atoms with E-state index in [9.17, 15) is 0 Å². The second kappa shape index (κ2) is 5.02. The second-order valence-corrected chi connectivity index (χ2v) is 4.19. The van der Waals surface area contributed by atoms with Crippen LogP contribution in [0.3, 0.4) is 0 Å². The Hall–Kier alpha value is -2.49. The molecule has 1 heterocycles. The van der Waals surface area contributed by atoms with Crippen LogP contribution in [0.4, 0.5) is 6.01 Å². The third kappa shape index (κ3) is 2.52. The van der Waals surface area contributed by atoms with E-state index in [1.54, 1.807) is 7.11 Å². The summed E-state index contributed by atoms with van der Waals surface area (Å²) >= 11 is 0. The van der Waals surface area contributed by atoms with Crippen molar-refractivity contribution in [2.75, 3.05) is 12.4 Å². The molecule has 2 aromatic carbocycles. The maximum atomic E-state index is 5.63. The van der Waals surface area contributed by atoms with E-state index in [2.05, 4.69) is 22.4 Å². The number of nitrogens with zero attached hydrogens (tertiary/aromatic N) is 1. The summed E-state index contributed by atoms with van der Waals surface area (Å²) in [7, 11) is 1.63. The Kier molecular flexibility index (Phi) is 3.06. The molecule has 4 heteroatoms. The number of rotatable bonds is 4. The second-order valence-electron chi connectivity index (χ2n) is 4.19. The van der Waals surface area contributed by atoms with Gasteiger partial charge in [0.2, 0.25) is 0 Å². The first-order valence-electron chi connectivity index (χ1n) is 6.07. The van der Waals surface area contributed by atoms with E-state index < -0.39 is 0 Å². The number of benzene rings is 2. The van der Waals surface area contributed by atoms with E-state index in [0.717, 1.165) is 16.8 Å². The number of ether oxygens (including phenoxy) is 1. The van der Waals surface area contributed by atoms with Gasteiger partial charge in [-0.3, -0.25) is 0 Å². The fraction of sp³-hybridized carbons (Fsp3) is 0.133. The maximum absolute atomic E-state index is 5.63. The first-order valence-corrected chi connectivity index (χ1v) is 6.07. The van der Waals surface area contributed by atoms with E-state index in [1.807, 2.05) is 36.4 Å². The minimum atomic E-state index is 0.520. The van der Waals surface area contributed by atoms with Crippen LogP contribution in [0.5, 0.6) is 5.75 Å². The molecule has 0 aliphatic rings. The quantitative estimate of drug-likeness (QED) is 0.774. The van der Waals surface area contributed by atoms with Crippen molar-refractivity contribution in [3.63, 3.8) is 0 Å². The van der Waals surface area contributed by atoms with E-state index in [0.29, 0.717) is 12.6 Å². The van der Waals surface area contributed by atoms with E-state index in [-0.39, 0.29) is 0 Å². The van der Waals surface area contributed by atoms with E-state index in [4.69, 9.17) is 9.15 Å². The number of aromatic nitrogens is 1. The Balaban J connectivity index is 1.78. The molecular weight excluding hydrogens is 240 g/mol. The van der Waals surface area contributed by atoms with Crippen LogP contribution in [0.25, 0.3) is 11.1 Å². The topological polar surface area (TPSA) is 47.3 Å². The van der Waals surface area contributed by atoms with Crippen molar-refractivity contribution in [3.05, 3.63) is 54.1 Å². The molecule has 3 aromatic rings. The van der Waals surface area contributed by atoms with Crippen LogP contribution in [0, 0.1) is 0 Å². The lowest BCUT2D eigenvalue weighted by molar-refractivity contribution is 0.414. The van der Waals surface area contributed by atoms with E-state index in [1.165, 1.54) is 5.56 Å². The molecule has 0 radical (unpaired) electrons. The molecule has 3 rings (SSSR count). The molecule has 1 N–H and O–H groups in total. The Morgan fingerprint density at radius 2 is 2.00 bits per heavy atom. The fourth-order valence-electron chi connectivity index (χ4n) is 1.88. The van der Waals surface area contributed by atoms with Crippen LogP contribution < -0.4 is 10.1 Å². The lowest BCUT2D eigenvalue weighted by Crippen LogP contribution is -1.98. The number of methoxy groups -OCH3 is 1. The standard InChI is InChI=1S/C15H14N2O2/c1-18-12-7-8-13-14(9-12)19-15(17-13)16-10-11-5-3-2-4-6-11/h2-9H,10H2,1H3,(H,16,17). The number of anilines is 1. The summed E-state index contributed by atoms with van der Waals surface area (Å²) < 4.78 is 10.8. The highest BCUT2D eigenvalue weighted by Gasteiger charge is 2.06. The molecule has 0 saturated carbocycles. The monoisotopic (exact) mass is 254 g/mol. The molecule has 0 unspecified atom stereocenters. The summed E-state index contributed by atoms with van der Waals surface area (Å²) in [6.45, 7) is 0.685. The molecule has 0 spiro atoms. The van der Waals surface area contributed by atoms with Gasteiger partial charge in [0.05, 0.1) is 7.11 Å². The molecule has 0 amide bonds. The molecule has 0 fully saturated rings. The normalized spacial score (nSPS) is 10.6. The summed E-state index contributed by atoms with van der Waals surface area (Å²) in [6, 6.07) is 16.2. The molecule has 0 atom stereocenters. The minimum absolute atomic E-state index is 0.520. The number of fused-ring (bicyclic) bond motifs is 1. The highest BCUT2D eigenvalue weighted by atomic mass is 16.5. The Labute approximate surface area is 111 Å². The van der Waals surface area contributed by atoms with Gasteiger partial charge < -0.3 is 14.5 Å². The molecule has 4 nitrogen and oxygen atoms in total. The highest BCUT2D eigenvalue weighted by Crippen LogP contribution is 2.23. The number of hydrogen-bond donors (Lipinski definition) is 1. The van der Waals surface area contributed by atoms with Gasteiger partial charge in [0.15, 0.2) is 5.58 Å². The van der Waals surface area contributed by atoms with Gasteiger partial charge >= 0.3 is 0 Å². The van der Waals surface area contributed by atoms with Crippen LogP contribution in [0.15, 0.2) is 52.9 Å². The van der Waals surface area contributed by atoms with Gasteiger partial charge in [-0.25, -0.2) is 0 Å². The molecule has 0 aliphatic heterocycles. The number of nitrogens with one attached hydrogen (secondary N) is 1. The van der Waals surface area contributed by atoms with Gasteiger partial charge in [0, 0.05) is 12.6 Å². The third-order valence-electron chi connectivity index (χ3n) is 2.88. The third-order valence-corrected chi connectivity index (χ3v) is 2.88. The molecule has 0 aliphatic carbocycles. The fourth-order valence-corrected chi connectivity index (χ4v) is 1.88. The maximum Gasteiger partial charge on any atom is 0.295 e. The zero-order chi connectivity index (χ0) is 13.1. The predicted molar refractivity (Wildman–Crippen MR) is 74.3 cm³/mol. The SMILES string of the molecule is COc1ccc2nc(NCc3ccccc3)oc2c1.